The molecule has 2 aliphatic rings. The van der Waals surface area contributed by atoms with Crippen molar-refractivity contribution >= 4 is 28.8 Å². The molecule has 5 rings (SSSR count). The van der Waals surface area contributed by atoms with E-state index in [2.05, 4.69) is 4.57 Å². The molecule has 1 fully saturated rings. The summed E-state index contributed by atoms with van der Waals surface area (Å²) in [5.41, 5.74) is 3.94. The van der Waals surface area contributed by atoms with Gasteiger partial charge in [0.25, 0.3) is 0 Å². The molecule has 3 aromatic rings. The Balaban J connectivity index is 1.64. The van der Waals surface area contributed by atoms with Gasteiger partial charge in [-0.2, -0.15) is 0 Å². The van der Waals surface area contributed by atoms with Gasteiger partial charge in [-0.15, -0.1) is 0 Å². The first-order valence-electron chi connectivity index (χ1n) is 12.3. The molecule has 0 aliphatic carbocycles. The molecule has 190 valence electrons. The number of anilines is 1. The van der Waals surface area contributed by atoms with Gasteiger partial charge in [0, 0.05) is 24.6 Å². The maximum absolute atomic E-state index is 13.5. The number of carboxylic acid groups (broad SMARTS) is 1. The molecule has 1 aromatic heterocycles. The van der Waals surface area contributed by atoms with Gasteiger partial charge in [0.2, 0.25) is 0 Å². The number of amides is 1. The van der Waals surface area contributed by atoms with E-state index in [-0.39, 0.29) is 18.5 Å². The average Bonchev–Trinajstić information content (AvgIpc) is 3.26. The smallest absolute Gasteiger partial charge is 0.414 e. The van der Waals surface area contributed by atoms with E-state index in [0.29, 0.717) is 24.6 Å². The van der Waals surface area contributed by atoms with E-state index in [1.54, 1.807) is 4.90 Å². The average molecular weight is 496 g/mol. The monoisotopic (exact) mass is 495 g/mol. The Labute approximate surface area is 208 Å². The fraction of sp³-hybridized carbons (Fsp3) is 0.444. The van der Waals surface area contributed by atoms with Gasteiger partial charge in [-0.3, -0.25) is 9.69 Å². The second-order valence-corrected chi connectivity index (χ2v) is 9.57. The number of hydrogen-bond donors (Lipinski definition) is 1. The van der Waals surface area contributed by atoms with E-state index in [4.69, 9.17) is 14.5 Å². The second kappa shape index (κ2) is 9.89. The van der Waals surface area contributed by atoms with Gasteiger partial charge in [0.1, 0.15) is 11.6 Å². The van der Waals surface area contributed by atoms with E-state index in [1.807, 2.05) is 19.1 Å². The molecule has 2 aromatic carbocycles. The summed E-state index contributed by atoms with van der Waals surface area (Å²) in [5.74, 6) is -1.64. The first kappa shape index (κ1) is 24.2. The van der Waals surface area contributed by atoms with Gasteiger partial charge in [-0.05, 0) is 62.4 Å². The first-order chi connectivity index (χ1) is 17.4. The van der Waals surface area contributed by atoms with Crippen LogP contribution >= 0.6 is 0 Å². The van der Waals surface area contributed by atoms with Crippen LogP contribution in [0, 0.1) is 5.82 Å². The lowest BCUT2D eigenvalue weighted by Gasteiger charge is -2.34. The van der Waals surface area contributed by atoms with Crippen LogP contribution in [0.15, 0.2) is 36.4 Å². The highest BCUT2D eigenvalue weighted by Gasteiger charge is 2.33. The third kappa shape index (κ3) is 4.32. The molecule has 3 heterocycles. The van der Waals surface area contributed by atoms with Crippen LogP contribution in [0.2, 0.25) is 0 Å². The zero-order valence-electron chi connectivity index (χ0n) is 20.4. The van der Waals surface area contributed by atoms with Crippen molar-refractivity contribution in [3.63, 3.8) is 0 Å². The fourth-order valence-corrected chi connectivity index (χ4v) is 5.53. The highest BCUT2D eigenvalue weighted by atomic mass is 19.1. The lowest BCUT2D eigenvalue weighted by Crippen LogP contribution is -2.42. The van der Waals surface area contributed by atoms with Crippen molar-refractivity contribution in [1.82, 2.24) is 9.55 Å². The molecule has 0 spiro atoms. The number of ether oxygens (including phenoxy) is 2. The van der Waals surface area contributed by atoms with E-state index >= 15 is 0 Å². The fourth-order valence-electron chi connectivity index (χ4n) is 5.53. The largest absolute Gasteiger partial charge is 0.481 e. The number of carboxylic acids is 1. The molecule has 9 heteroatoms. The molecule has 0 radical (unpaired) electrons. The second-order valence-electron chi connectivity index (χ2n) is 9.57. The van der Waals surface area contributed by atoms with E-state index in [0.717, 1.165) is 48.0 Å². The number of carbonyl (C=O) groups is 2. The van der Waals surface area contributed by atoms with Gasteiger partial charge in [-0.25, -0.2) is 14.2 Å². The summed E-state index contributed by atoms with van der Waals surface area (Å²) >= 11 is 0. The van der Waals surface area contributed by atoms with Crippen LogP contribution in [0.5, 0.6) is 0 Å². The van der Waals surface area contributed by atoms with Crippen molar-refractivity contribution in [3.8, 4) is 0 Å². The number of benzene rings is 2. The molecule has 1 unspecified atom stereocenters. The summed E-state index contributed by atoms with van der Waals surface area (Å²) in [5, 5.41) is 10.1. The molecule has 0 saturated carbocycles. The van der Waals surface area contributed by atoms with Crippen LogP contribution in [0.25, 0.3) is 11.0 Å². The molecule has 0 bridgehead atoms. The summed E-state index contributed by atoms with van der Waals surface area (Å²) in [6.07, 6.45) is 3.06. The molecular weight excluding hydrogens is 465 g/mol. The highest BCUT2D eigenvalue weighted by molar-refractivity contribution is 5.95. The normalized spacial score (nSPS) is 20.7. The molecule has 8 nitrogen and oxygen atoms in total. The number of aromatic nitrogens is 2. The van der Waals surface area contributed by atoms with Gasteiger partial charge in [0.05, 0.1) is 42.4 Å². The summed E-state index contributed by atoms with van der Waals surface area (Å²) in [7, 11) is 1.37. The predicted octanol–water partition coefficient (Wildman–Crippen LogP) is 4.85. The number of nitrogens with zero attached hydrogens (tertiary/aromatic N) is 3. The minimum absolute atomic E-state index is 0.00873. The maximum atomic E-state index is 13.5. The van der Waals surface area contributed by atoms with Crippen LogP contribution in [0.1, 0.15) is 55.1 Å². The number of aryl methyl sites for hydroxylation is 1. The Hall–Kier alpha value is -3.46. The number of aliphatic carboxylic acids is 1. The molecule has 1 amide bonds. The standard InChI is InChI=1S/C27H30FN3O5/c1-16-5-10-20-22(30(16)27(34)35-2)11-12-23-25(20)29-24(31(23)19-4-3-13-36-15-19)14-21(26(32)33)17-6-8-18(28)9-7-17/h6-9,11-12,16,19,21H,3-5,10,13-15H2,1-2H3,(H,32,33)/t16-,19-,21?/m0/s1. The van der Waals surface area contributed by atoms with Crippen molar-refractivity contribution < 1.29 is 28.6 Å². The zero-order chi connectivity index (χ0) is 25.4. The topological polar surface area (TPSA) is 93.9 Å². The third-order valence-corrected chi connectivity index (χ3v) is 7.36. The lowest BCUT2D eigenvalue weighted by atomic mass is 9.95. The Kier molecular flexibility index (Phi) is 6.66. The lowest BCUT2D eigenvalue weighted by molar-refractivity contribution is -0.138. The Morgan fingerprint density at radius 2 is 2.00 bits per heavy atom. The maximum Gasteiger partial charge on any atom is 0.414 e. The minimum atomic E-state index is -0.993. The van der Waals surface area contributed by atoms with Crippen LogP contribution < -0.4 is 4.90 Å². The molecule has 1 N–H and O–H groups in total. The Bertz CT molecular complexity index is 1280. The zero-order valence-corrected chi connectivity index (χ0v) is 20.4. The van der Waals surface area contributed by atoms with Gasteiger partial charge < -0.3 is 19.1 Å². The van der Waals surface area contributed by atoms with Crippen molar-refractivity contribution in [3.05, 3.63) is 59.2 Å². The summed E-state index contributed by atoms with van der Waals surface area (Å²) in [6, 6.07) is 9.50. The molecule has 1 saturated heterocycles. The highest BCUT2D eigenvalue weighted by Crippen LogP contribution is 2.39. The number of halogens is 1. The number of imidazole rings is 1. The van der Waals surface area contributed by atoms with Gasteiger partial charge in [-0.1, -0.05) is 12.1 Å². The summed E-state index contributed by atoms with van der Waals surface area (Å²) in [4.78, 5) is 31.5. The van der Waals surface area contributed by atoms with Crippen LogP contribution in [-0.2, 0) is 27.1 Å². The van der Waals surface area contributed by atoms with Crippen molar-refractivity contribution in [2.45, 2.75) is 57.0 Å². The number of hydrogen-bond acceptors (Lipinski definition) is 5. The number of methoxy groups -OCH3 is 1. The van der Waals surface area contributed by atoms with Crippen LogP contribution in [0.4, 0.5) is 14.9 Å². The predicted molar refractivity (Wildman–Crippen MR) is 132 cm³/mol. The van der Waals surface area contributed by atoms with Crippen LogP contribution in [0.3, 0.4) is 0 Å². The summed E-state index contributed by atoms with van der Waals surface area (Å²) < 4.78 is 26.4. The quantitative estimate of drug-likeness (QED) is 0.544. The van der Waals surface area contributed by atoms with Crippen molar-refractivity contribution in [2.75, 3.05) is 25.2 Å². The first-order valence-corrected chi connectivity index (χ1v) is 12.3. The van der Waals surface area contributed by atoms with Crippen molar-refractivity contribution in [2.24, 2.45) is 0 Å². The van der Waals surface area contributed by atoms with E-state index in [1.165, 1.54) is 31.4 Å². The SMILES string of the molecule is COC(=O)N1c2ccc3c(nc(CC(C(=O)O)c4ccc(F)cc4)n3[C@H]3CCCOC3)c2CC[C@@H]1C. The van der Waals surface area contributed by atoms with Crippen molar-refractivity contribution in [1.29, 1.82) is 0 Å². The molecule has 2 aliphatic heterocycles. The van der Waals surface area contributed by atoms with E-state index in [9.17, 15) is 19.1 Å². The summed E-state index contributed by atoms with van der Waals surface area (Å²) in [6.45, 7) is 3.22. The van der Waals surface area contributed by atoms with Gasteiger partial charge >= 0.3 is 12.1 Å². The number of rotatable bonds is 5. The Morgan fingerprint density at radius 1 is 1.22 bits per heavy atom. The molecular formula is C27H30FN3O5. The van der Waals surface area contributed by atoms with Gasteiger partial charge in [0.15, 0.2) is 0 Å². The number of fused-ring (bicyclic) bond motifs is 3. The molecule has 3 atom stereocenters. The Morgan fingerprint density at radius 3 is 2.67 bits per heavy atom. The van der Waals surface area contributed by atoms with E-state index < -0.39 is 23.8 Å². The third-order valence-electron chi connectivity index (χ3n) is 7.36. The minimum Gasteiger partial charge on any atom is -0.481 e. The van der Waals surface area contributed by atoms with Crippen LogP contribution in [-0.4, -0.2) is 53.1 Å². The number of carbonyl (C=O) groups excluding carboxylic acids is 1. The molecule has 36 heavy (non-hydrogen) atoms.